The van der Waals surface area contributed by atoms with Gasteiger partial charge in [0.1, 0.15) is 6.61 Å². The number of benzene rings is 1. The normalized spacial score (nSPS) is 15.1. The van der Waals surface area contributed by atoms with Gasteiger partial charge in [-0.1, -0.05) is 41.7 Å². The Morgan fingerprint density at radius 1 is 1.21 bits per heavy atom. The highest BCUT2D eigenvalue weighted by molar-refractivity contribution is 7.07. The van der Waals surface area contributed by atoms with Crippen LogP contribution in [0.1, 0.15) is 24.1 Å². The summed E-state index contributed by atoms with van der Waals surface area (Å²) in [5.41, 5.74) is 1.86. The highest BCUT2D eigenvalue weighted by atomic mass is 32.1. The van der Waals surface area contributed by atoms with Crippen LogP contribution >= 0.6 is 11.3 Å². The number of ether oxygens (including phenoxy) is 1. The van der Waals surface area contributed by atoms with Gasteiger partial charge in [-0.3, -0.25) is 19.0 Å². The van der Waals surface area contributed by atoms with E-state index in [1.165, 1.54) is 0 Å². The van der Waals surface area contributed by atoms with Gasteiger partial charge in [-0.15, -0.1) is 0 Å². The van der Waals surface area contributed by atoms with Crippen molar-refractivity contribution in [2.75, 3.05) is 19.7 Å². The highest BCUT2D eigenvalue weighted by Crippen LogP contribution is 2.19. The molecule has 1 fully saturated rings. The van der Waals surface area contributed by atoms with E-state index in [1.54, 1.807) is 27.0 Å². The summed E-state index contributed by atoms with van der Waals surface area (Å²) in [6.45, 7) is 3.51. The van der Waals surface area contributed by atoms with Crippen LogP contribution in [-0.2, 0) is 20.9 Å². The highest BCUT2D eigenvalue weighted by Gasteiger charge is 2.27. The second-order valence-corrected chi connectivity index (χ2v) is 7.63. The van der Waals surface area contributed by atoms with Crippen molar-refractivity contribution in [1.29, 1.82) is 0 Å². The minimum absolute atomic E-state index is 0.0380. The number of esters is 1. The Labute approximate surface area is 168 Å². The van der Waals surface area contributed by atoms with E-state index in [0.29, 0.717) is 32.5 Å². The Hall–Kier alpha value is -2.67. The monoisotopic (exact) mass is 400 g/mol. The van der Waals surface area contributed by atoms with Gasteiger partial charge in [0.05, 0.1) is 12.5 Å². The van der Waals surface area contributed by atoms with Crippen molar-refractivity contribution >= 4 is 29.3 Å². The Morgan fingerprint density at radius 2 is 1.93 bits per heavy atom. The zero-order valence-electron chi connectivity index (χ0n) is 15.9. The van der Waals surface area contributed by atoms with Gasteiger partial charge in [0.2, 0.25) is 5.91 Å². The number of piperidine rings is 1. The summed E-state index contributed by atoms with van der Waals surface area (Å²) in [5, 5.41) is 1.79. The predicted octanol–water partition coefficient (Wildman–Crippen LogP) is 2.71. The first-order valence-corrected chi connectivity index (χ1v) is 10.3. The van der Waals surface area contributed by atoms with E-state index in [2.05, 4.69) is 0 Å². The van der Waals surface area contributed by atoms with E-state index in [-0.39, 0.29) is 29.3 Å². The number of carbonyl (C=O) groups is 2. The fourth-order valence-electron chi connectivity index (χ4n) is 3.20. The minimum Gasteiger partial charge on any atom is -0.464 e. The first kappa shape index (κ1) is 20.1. The fourth-order valence-corrected chi connectivity index (χ4v) is 3.96. The van der Waals surface area contributed by atoms with Crippen LogP contribution in [0.4, 0.5) is 0 Å². The molecule has 7 heteroatoms. The first-order chi connectivity index (χ1) is 13.5. The summed E-state index contributed by atoms with van der Waals surface area (Å²) in [6, 6.07) is 9.67. The Morgan fingerprint density at radius 3 is 2.57 bits per heavy atom. The number of amides is 1. The largest absolute Gasteiger partial charge is 0.464 e. The molecule has 3 rings (SSSR count). The molecule has 0 N–H and O–H groups in total. The number of thiazole rings is 1. The van der Waals surface area contributed by atoms with Crippen LogP contribution in [0.3, 0.4) is 0 Å². The average molecular weight is 401 g/mol. The fraction of sp³-hybridized carbons (Fsp3) is 0.381. The molecule has 1 aromatic heterocycles. The summed E-state index contributed by atoms with van der Waals surface area (Å²) in [5.74, 6) is -0.474. The molecule has 2 heterocycles. The number of nitrogens with zero attached hydrogens (tertiary/aromatic N) is 2. The van der Waals surface area contributed by atoms with Gasteiger partial charge in [-0.25, -0.2) is 0 Å². The lowest BCUT2D eigenvalue weighted by Crippen LogP contribution is -2.40. The van der Waals surface area contributed by atoms with Crippen molar-refractivity contribution in [1.82, 2.24) is 9.47 Å². The second-order valence-electron chi connectivity index (χ2n) is 6.81. The van der Waals surface area contributed by atoms with Crippen molar-refractivity contribution in [2.45, 2.75) is 26.3 Å². The molecule has 1 saturated heterocycles. The van der Waals surface area contributed by atoms with Gasteiger partial charge in [0, 0.05) is 30.2 Å². The number of hydrogen-bond acceptors (Lipinski definition) is 5. The average Bonchev–Trinajstić information content (AvgIpc) is 3.05. The van der Waals surface area contributed by atoms with Gasteiger partial charge in [0.25, 0.3) is 0 Å². The molecule has 0 spiro atoms. The van der Waals surface area contributed by atoms with Crippen molar-refractivity contribution < 1.29 is 14.3 Å². The van der Waals surface area contributed by atoms with Crippen LogP contribution < -0.4 is 4.87 Å². The lowest BCUT2D eigenvalue weighted by molar-refractivity contribution is -0.151. The zero-order chi connectivity index (χ0) is 19.9. The van der Waals surface area contributed by atoms with Gasteiger partial charge < -0.3 is 9.64 Å². The number of aromatic nitrogens is 1. The smallest absolute Gasteiger partial charge is 0.309 e. The van der Waals surface area contributed by atoms with E-state index in [4.69, 9.17) is 4.74 Å². The summed E-state index contributed by atoms with van der Waals surface area (Å²) in [7, 11) is 0. The maximum atomic E-state index is 12.3. The molecule has 0 unspecified atom stereocenters. The van der Waals surface area contributed by atoms with Crippen LogP contribution in [0.5, 0.6) is 0 Å². The lowest BCUT2D eigenvalue weighted by Gasteiger charge is -2.30. The molecule has 0 saturated carbocycles. The zero-order valence-corrected chi connectivity index (χ0v) is 16.7. The third kappa shape index (κ3) is 5.19. The van der Waals surface area contributed by atoms with Crippen LogP contribution in [0, 0.1) is 12.8 Å². The third-order valence-corrected chi connectivity index (χ3v) is 5.77. The molecule has 0 bridgehead atoms. The van der Waals surface area contributed by atoms with E-state index in [0.717, 1.165) is 22.6 Å². The number of rotatable bonds is 6. The first-order valence-electron chi connectivity index (χ1n) is 9.38. The molecule has 0 radical (unpaired) electrons. The summed E-state index contributed by atoms with van der Waals surface area (Å²) >= 11 is 1.15. The molecule has 0 atom stereocenters. The van der Waals surface area contributed by atoms with Gasteiger partial charge in [-0.2, -0.15) is 0 Å². The van der Waals surface area contributed by atoms with E-state index < -0.39 is 0 Å². The number of likely N-dealkylation sites (tertiary alicyclic amines) is 1. The predicted molar refractivity (Wildman–Crippen MR) is 109 cm³/mol. The van der Waals surface area contributed by atoms with E-state index in [9.17, 15) is 14.4 Å². The van der Waals surface area contributed by atoms with E-state index >= 15 is 0 Å². The molecular weight excluding hydrogens is 376 g/mol. The molecule has 1 amide bonds. The van der Waals surface area contributed by atoms with Gasteiger partial charge in [-0.05, 0) is 31.4 Å². The maximum absolute atomic E-state index is 12.3. The van der Waals surface area contributed by atoms with Crippen LogP contribution in [-0.4, -0.2) is 41.0 Å². The van der Waals surface area contributed by atoms with Crippen molar-refractivity contribution in [3.05, 3.63) is 62.7 Å². The molecular formula is C21H24N2O4S. The molecule has 0 aliphatic carbocycles. The van der Waals surface area contributed by atoms with E-state index in [1.807, 2.05) is 37.3 Å². The summed E-state index contributed by atoms with van der Waals surface area (Å²) in [4.78, 5) is 37.9. The standard InChI is InChI=1S/C21H24N2O4S/c1-16-15-28-21(26)23(16)13-14-27-20(25)18-9-11-22(12-10-18)19(24)8-7-17-5-3-2-4-6-17/h2-8,15,18H,9-14H2,1H3/b8-7+. The SMILES string of the molecule is Cc1csc(=O)n1CCOC(=O)C1CCN(C(=O)/C=C/c2ccccc2)CC1. The molecule has 2 aromatic rings. The maximum Gasteiger partial charge on any atom is 0.309 e. The van der Waals surface area contributed by atoms with Crippen molar-refractivity contribution in [2.24, 2.45) is 5.92 Å². The summed E-state index contributed by atoms with van der Waals surface area (Å²) < 4.78 is 6.96. The Balaban J connectivity index is 1.41. The lowest BCUT2D eigenvalue weighted by atomic mass is 9.97. The molecule has 1 aliphatic heterocycles. The number of aryl methyl sites for hydroxylation is 1. The summed E-state index contributed by atoms with van der Waals surface area (Å²) in [6.07, 6.45) is 4.58. The third-order valence-electron chi connectivity index (χ3n) is 4.89. The van der Waals surface area contributed by atoms with Gasteiger partial charge >= 0.3 is 10.8 Å². The second kappa shape index (κ2) is 9.50. The topological polar surface area (TPSA) is 68.6 Å². The molecule has 28 heavy (non-hydrogen) atoms. The molecule has 148 valence electrons. The molecule has 1 aliphatic rings. The Bertz CT molecular complexity index is 893. The Kier molecular flexibility index (Phi) is 6.81. The van der Waals surface area contributed by atoms with Crippen LogP contribution in [0.15, 0.2) is 46.6 Å². The quantitative estimate of drug-likeness (QED) is 0.552. The number of hydrogen-bond donors (Lipinski definition) is 0. The molecule has 1 aromatic carbocycles. The molecule has 6 nitrogen and oxygen atoms in total. The van der Waals surface area contributed by atoms with Crippen LogP contribution in [0.2, 0.25) is 0 Å². The van der Waals surface area contributed by atoms with Crippen molar-refractivity contribution in [3.63, 3.8) is 0 Å². The number of carbonyl (C=O) groups excluding carboxylic acids is 2. The minimum atomic E-state index is -0.243. The van der Waals surface area contributed by atoms with Crippen LogP contribution in [0.25, 0.3) is 6.08 Å². The van der Waals surface area contributed by atoms with Crippen molar-refractivity contribution in [3.8, 4) is 0 Å². The van der Waals surface area contributed by atoms with Gasteiger partial charge in [0.15, 0.2) is 0 Å².